The van der Waals surface area contributed by atoms with E-state index in [9.17, 15) is 0 Å². The first-order chi connectivity index (χ1) is 6.75. The molecule has 0 bridgehead atoms. The summed E-state index contributed by atoms with van der Waals surface area (Å²) in [6, 6.07) is 4.32. The van der Waals surface area contributed by atoms with Gasteiger partial charge in [0.15, 0.2) is 5.15 Å². The Morgan fingerprint density at radius 1 is 1.50 bits per heavy atom. The average molecular weight is 213 g/mol. The third kappa shape index (κ3) is 2.20. The molecule has 76 valence electrons. The van der Waals surface area contributed by atoms with Crippen molar-refractivity contribution in [1.29, 1.82) is 0 Å². The molecule has 2 heterocycles. The summed E-state index contributed by atoms with van der Waals surface area (Å²) < 4.78 is 0. The maximum absolute atomic E-state index is 5.65. The van der Waals surface area contributed by atoms with Gasteiger partial charge in [-0.05, 0) is 19.2 Å². The molecule has 0 radical (unpaired) electrons. The van der Waals surface area contributed by atoms with Crippen molar-refractivity contribution in [3.05, 3.63) is 23.0 Å². The molecule has 1 aliphatic heterocycles. The Morgan fingerprint density at radius 2 is 2.29 bits per heavy atom. The van der Waals surface area contributed by atoms with Crippen LogP contribution in [0.3, 0.4) is 0 Å². The van der Waals surface area contributed by atoms with Gasteiger partial charge in [-0.1, -0.05) is 11.6 Å². The molecule has 1 aliphatic rings. The fourth-order valence-electron chi connectivity index (χ4n) is 1.40. The maximum Gasteiger partial charge on any atom is 0.151 e. The van der Waals surface area contributed by atoms with E-state index in [0.717, 1.165) is 25.3 Å². The lowest BCUT2D eigenvalue weighted by Gasteiger charge is -2.35. The van der Waals surface area contributed by atoms with Crippen molar-refractivity contribution >= 4 is 11.6 Å². The van der Waals surface area contributed by atoms with Crippen LogP contribution in [0.25, 0.3) is 0 Å². The Labute approximate surface area is 88.3 Å². The fraction of sp³-hybridized carbons (Fsp3) is 0.556. The van der Waals surface area contributed by atoms with Crippen molar-refractivity contribution in [1.82, 2.24) is 20.4 Å². The molecule has 0 unspecified atom stereocenters. The van der Waals surface area contributed by atoms with Crippen molar-refractivity contribution in [3.63, 3.8) is 0 Å². The van der Waals surface area contributed by atoms with Crippen molar-refractivity contribution in [3.8, 4) is 0 Å². The van der Waals surface area contributed by atoms with Crippen LogP contribution in [0.5, 0.6) is 0 Å². The SMILES string of the molecule is CN(Cc1ccc(Cl)nn1)C1CNC1. The molecule has 0 aromatic carbocycles. The van der Waals surface area contributed by atoms with Crippen LogP contribution in [0.4, 0.5) is 0 Å². The number of aromatic nitrogens is 2. The lowest BCUT2D eigenvalue weighted by atomic mass is 10.1. The molecule has 0 aliphatic carbocycles. The first-order valence-electron chi connectivity index (χ1n) is 4.65. The first kappa shape index (κ1) is 9.83. The first-order valence-corrected chi connectivity index (χ1v) is 5.02. The highest BCUT2D eigenvalue weighted by molar-refractivity contribution is 6.29. The number of likely N-dealkylation sites (N-methyl/N-ethyl adjacent to an activating group) is 1. The molecule has 0 spiro atoms. The van der Waals surface area contributed by atoms with Gasteiger partial charge in [-0.2, -0.15) is 5.10 Å². The van der Waals surface area contributed by atoms with E-state index >= 15 is 0 Å². The van der Waals surface area contributed by atoms with Gasteiger partial charge in [0.2, 0.25) is 0 Å². The molecule has 5 heteroatoms. The Bertz CT molecular complexity index is 296. The molecule has 0 saturated carbocycles. The third-order valence-corrected chi connectivity index (χ3v) is 2.68. The predicted octanol–water partition coefficient (Wildman–Crippen LogP) is 0.534. The Morgan fingerprint density at radius 3 is 2.79 bits per heavy atom. The molecule has 0 atom stereocenters. The van der Waals surface area contributed by atoms with Gasteiger partial charge < -0.3 is 5.32 Å². The van der Waals surface area contributed by atoms with Crippen molar-refractivity contribution in [2.45, 2.75) is 12.6 Å². The van der Waals surface area contributed by atoms with Crippen LogP contribution in [0.1, 0.15) is 5.69 Å². The van der Waals surface area contributed by atoms with Crippen molar-refractivity contribution in [2.24, 2.45) is 0 Å². The van der Waals surface area contributed by atoms with Gasteiger partial charge in [0, 0.05) is 25.7 Å². The molecule has 1 aromatic rings. The monoisotopic (exact) mass is 212 g/mol. The summed E-state index contributed by atoms with van der Waals surface area (Å²) in [5.41, 5.74) is 0.962. The molecule has 1 aromatic heterocycles. The number of hydrogen-bond acceptors (Lipinski definition) is 4. The van der Waals surface area contributed by atoms with E-state index in [2.05, 4.69) is 27.5 Å². The Balaban J connectivity index is 1.92. The number of nitrogens with one attached hydrogen (secondary N) is 1. The number of hydrogen-bond donors (Lipinski definition) is 1. The van der Waals surface area contributed by atoms with Gasteiger partial charge in [-0.25, -0.2) is 0 Å². The number of nitrogens with zero attached hydrogens (tertiary/aromatic N) is 3. The van der Waals surface area contributed by atoms with E-state index in [1.165, 1.54) is 0 Å². The molecule has 0 amide bonds. The molecule has 1 saturated heterocycles. The minimum atomic E-state index is 0.446. The van der Waals surface area contributed by atoms with Crippen LogP contribution in [-0.4, -0.2) is 41.3 Å². The summed E-state index contributed by atoms with van der Waals surface area (Å²) in [6.07, 6.45) is 0. The summed E-state index contributed by atoms with van der Waals surface area (Å²) >= 11 is 5.65. The second-order valence-corrected chi connectivity index (χ2v) is 3.96. The van der Waals surface area contributed by atoms with E-state index in [1.807, 2.05) is 6.07 Å². The highest BCUT2D eigenvalue weighted by Gasteiger charge is 2.21. The maximum atomic E-state index is 5.65. The van der Waals surface area contributed by atoms with Crippen LogP contribution >= 0.6 is 11.6 Å². The van der Waals surface area contributed by atoms with E-state index in [-0.39, 0.29) is 0 Å². The van der Waals surface area contributed by atoms with Crippen LogP contribution in [0.15, 0.2) is 12.1 Å². The normalized spacial score (nSPS) is 17.1. The lowest BCUT2D eigenvalue weighted by Crippen LogP contribution is -2.55. The Hall–Kier alpha value is -0.710. The van der Waals surface area contributed by atoms with Gasteiger partial charge >= 0.3 is 0 Å². The van der Waals surface area contributed by atoms with Gasteiger partial charge in [0.1, 0.15) is 0 Å². The zero-order valence-corrected chi connectivity index (χ0v) is 8.83. The smallest absolute Gasteiger partial charge is 0.151 e. The van der Waals surface area contributed by atoms with Gasteiger partial charge in [0.05, 0.1) is 5.69 Å². The number of halogens is 1. The molecule has 1 N–H and O–H groups in total. The van der Waals surface area contributed by atoms with E-state index in [1.54, 1.807) is 6.07 Å². The molecule has 1 fully saturated rings. The quantitative estimate of drug-likeness (QED) is 0.794. The summed E-state index contributed by atoms with van der Waals surface area (Å²) in [6.45, 7) is 2.96. The zero-order valence-electron chi connectivity index (χ0n) is 8.07. The Kier molecular flexibility index (Phi) is 2.96. The molecule has 14 heavy (non-hydrogen) atoms. The summed E-state index contributed by atoms with van der Waals surface area (Å²) in [5.74, 6) is 0. The van der Waals surface area contributed by atoms with Crippen LogP contribution < -0.4 is 5.32 Å². The summed E-state index contributed by atoms with van der Waals surface area (Å²) in [7, 11) is 2.10. The number of rotatable bonds is 3. The van der Waals surface area contributed by atoms with Gasteiger partial charge in [-0.15, -0.1) is 5.10 Å². The van der Waals surface area contributed by atoms with E-state index in [0.29, 0.717) is 11.2 Å². The van der Waals surface area contributed by atoms with Crippen LogP contribution in [-0.2, 0) is 6.54 Å². The van der Waals surface area contributed by atoms with Crippen LogP contribution in [0, 0.1) is 0 Å². The molecule has 4 nitrogen and oxygen atoms in total. The second kappa shape index (κ2) is 4.21. The summed E-state index contributed by atoms with van der Waals surface area (Å²) in [5, 5.41) is 11.5. The average Bonchev–Trinajstić information content (AvgIpc) is 2.06. The lowest BCUT2D eigenvalue weighted by molar-refractivity contribution is 0.171. The van der Waals surface area contributed by atoms with Gasteiger partial charge in [0.25, 0.3) is 0 Å². The third-order valence-electron chi connectivity index (χ3n) is 2.48. The van der Waals surface area contributed by atoms with Crippen molar-refractivity contribution in [2.75, 3.05) is 20.1 Å². The largest absolute Gasteiger partial charge is 0.314 e. The fourth-order valence-corrected chi connectivity index (χ4v) is 1.50. The topological polar surface area (TPSA) is 41.1 Å². The highest BCUT2D eigenvalue weighted by Crippen LogP contribution is 2.08. The highest BCUT2D eigenvalue weighted by atomic mass is 35.5. The molecule has 2 rings (SSSR count). The minimum Gasteiger partial charge on any atom is -0.314 e. The van der Waals surface area contributed by atoms with Gasteiger partial charge in [-0.3, -0.25) is 4.90 Å². The second-order valence-electron chi connectivity index (χ2n) is 3.57. The van der Waals surface area contributed by atoms with Crippen LogP contribution in [0.2, 0.25) is 5.15 Å². The minimum absolute atomic E-state index is 0.446. The summed E-state index contributed by atoms with van der Waals surface area (Å²) in [4.78, 5) is 2.27. The zero-order chi connectivity index (χ0) is 9.97. The van der Waals surface area contributed by atoms with Crippen molar-refractivity contribution < 1.29 is 0 Å². The van der Waals surface area contributed by atoms with E-state index in [4.69, 9.17) is 11.6 Å². The molecular weight excluding hydrogens is 200 g/mol. The molecular formula is C9H13ClN4. The predicted molar refractivity (Wildman–Crippen MR) is 55.2 cm³/mol. The standard InChI is InChI=1S/C9H13ClN4/c1-14(8-4-11-5-8)6-7-2-3-9(10)13-12-7/h2-3,8,11H,4-6H2,1H3. The van der Waals surface area contributed by atoms with E-state index < -0.39 is 0 Å².